The Bertz CT molecular complexity index is 139. The van der Waals surface area contributed by atoms with Crippen LogP contribution < -0.4 is 0 Å². The molecule has 16 heavy (non-hydrogen) atoms. The molecule has 0 saturated heterocycles. The predicted octanol–water partition coefficient (Wildman–Crippen LogP) is 5.83. The van der Waals surface area contributed by atoms with Crippen molar-refractivity contribution in [2.24, 2.45) is 0 Å². The van der Waals surface area contributed by atoms with E-state index in [4.69, 9.17) is 0 Å². The van der Waals surface area contributed by atoms with E-state index in [0.29, 0.717) is 0 Å². The lowest BCUT2D eigenvalue weighted by atomic mass is 10.0. The first-order valence-corrected chi connectivity index (χ1v) is 7.48. The van der Waals surface area contributed by atoms with Crippen molar-refractivity contribution in [2.45, 2.75) is 83.5 Å². The van der Waals surface area contributed by atoms with Gasteiger partial charge in [0.2, 0.25) is 0 Å². The van der Waals surface area contributed by atoms with Crippen LogP contribution in [0.25, 0.3) is 0 Å². The minimum Gasteiger partial charge on any atom is -0.0882 e. The third-order valence-electron chi connectivity index (χ3n) is 3.51. The molecule has 0 saturated carbocycles. The van der Waals surface area contributed by atoms with Gasteiger partial charge in [0, 0.05) is 0 Å². The zero-order valence-corrected chi connectivity index (χ0v) is 10.9. The maximum Gasteiger partial charge on any atom is -0.0171 e. The summed E-state index contributed by atoms with van der Waals surface area (Å²) >= 11 is 0. The lowest BCUT2D eigenvalue weighted by Gasteiger charge is -2.03. The highest BCUT2D eigenvalue weighted by atomic mass is 14.0. The van der Waals surface area contributed by atoms with Crippen molar-refractivity contribution >= 4 is 0 Å². The molecule has 0 heteroatoms. The Labute approximate surface area is 103 Å². The van der Waals surface area contributed by atoms with Crippen LogP contribution in [0.4, 0.5) is 0 Å². The third-order valence-corrected chi connectivity index (χ3v) is 3.51. The maximum absolute atomic E-state index is 2.35. The molecule has 0 aromatic carbocycles. The van der Waals surface area contributed by atoms with Crippen LogP contribution in [-0.4, -0.2) is 0 Å². The molecule has 0 aliphatic heterocycles. The third kappa shape index (κ3) is 9.00. The summed E-state index contributed by atoms with van der Waals surface area (Å²) in [5.74, 6) is 0. The first-order valence-electron chi connectivity index (χ1n) is 7.48. The van der Waals surface area contributed by atoms with Crippen LogP contribution >= 0.6 is 0 Å². The normalized spacial score (nSPS) is 25.0. The molecule has 0 nitrogen and oxygen atoms in total. The van der Waals surface area contributed by atoms with Gasteiger partial charge in [-0.2, -0.15) is 0 Å². The standard InChI is InChI=1S/C16H29/c1-2-4-6-8-10-12-14-16-15-13-11-9-7-5-3-1/h1-3H,4-16H2/b2-1-. The van der Waals surface area contributed by atoms with E-state index in [-0.39, 0.29) is 0 Å². The fourth-order valence-corrected chi connectivity index (χ4v) is 2.40. The van der Waals surface area contributed by atoms with Gasteiger partial charge < -0.3 is 0 Å². The summed E-state index contributed by atoms with van der Waals surface area (Å²) in [5, 5.41) is 0. The topological polar surface area (TPSA) is 0 Å². The molecule has 0 heterocycles. The second kappa shape index (κ2) is 11.2. The highest BCUT2D eigenvalue weighted by molar-refractivity contribution is 4.94. The van der Waals surface area contributed by atoms with Crippen molar-refractivity contribution in [2.75, 3.05) is 0 Å². The lowest BCUT2D eigenvalue weighted by Crippen LogP contribution is -1.84. The van der Waals surface area contributed by atoms with Gasteiger partial charge in [-0.1, -0.05) is 76.4 Å². The minimum atomic E-state index is 1.29. The summed E-state index contributed by atoms with van der Waals surface area (Å²) in [6, 6.07) is 0. The van der Waals surface area contributed by atoms with Crippen LogP contribution in [0.1, 0.15) is 83.5 Å². The van der Waals surface area contributed by atoms with Crippen LogP contribution in [0.2, 0.25) is 0 Å². The number of rotatable bonds is 0. The molecule has 0 spiro atoms. The first kappa shape index (κ1) is 13.8. The molecule has 0 atom stereocenters. The van der Waals surface area contributed by atoms with Crippen LogP contribution in [0, 0.1) is 6.42 Å². The van der Waals surface area contributed by atoms with Gasteiger partial charge in [-0.15, -0.1) is 0 Å². The highest BCUT2D eigenvalue weighted by Crippen LogP contribution is 2.13. The smallest absolute Gasteiger partial charge is 0.0171 e. The van der Waals surface area contributed by atoms with Crippen molar-refractivity contribution in [3.8, 4) is 0 Å². The molecule has 0 unspecified atom stereocenters. The van der Waals surface area contributed by atoms with Gasteiger partial charge in [0.05, 0.1) is 0 Å². The van der Waals surface area contributed by atoms with Crippen LogP contribution in [0.3, 0.4) is 0 Å². The largest absolute Gasteiger partial charge is 0.0882 e. The summed E-state index contributed by atoms with van der Waals surface area (Å²) in [6.07, 6.45) is 25.5. The van der Waals surface area contributed by atoms with E-state index in [1.165, 1.54) is 83.5 Å². The molecule has 93 valence electrons. The van der Waals surface area contributed by atoms with Crippen molar-refractivity contribution in [3.63, 3.8) is 0 Å². The van der Waals surface area contributed by atoms with Crippen LogP contribution in [0.5, 0.6) is 0 Å². The maximum atomic E-state index is 2.35. The average Bonchev–Trinajstić information content (AvgIpc) is 2.29. The van der Waals surface area contributed by atoms with Crippen LogP contribution in [0.15, 0.2) is 12.2 Å². The summed E-state index contributed by atoms with van der Waals surface area (Å²) in [4.78, 5) is 0. The van der Waals surface area contributed by atoms with Gasteiger partial charge >= 0.3 is 0 Å². The Morgan fingerprint density at radius 2 is 0.875 bits per heavy atom. The molecule has 0 N–H and O–H groups in total. The van der Waals surface area contributed by atoms with Crippen LogP contribution in [-0.2, 0) is 0 Å². The molecular weight excluding hydrogens is 192 g/mol. The number of allylic oxidation sites excluding steroid dienone is 2. The van der Waals surface area contributed by atoms with Gasteiger partial charge in [0.15, 0.2) is 0 Å². The second-order valence-electron chi connectivity index (χ2n) is 5.13. The molecule has 0 aromatic rings. The molecule has 0 aromatic heterocycles. The van der Waals surface area contributed by atoms with Gasteiger partial charge in [0.25, 0.3) is 0 Å². The summed E-state index contributed by atoms with van der Waals surface area (Å²) < 4.78 is 0. The van der Waals surface area contributed by atoms with Gasteiger partial charge in [-0.25, -0.2) is 0 Å². The molecule has 0 amide bonds. The van der Waals surface area contributed by atoms with E-state index in [1.54, 1.807) is 0 Å². The molecule has 0 bridgehead atoms. The fraction of sp³-hybridized carbons (Fsp3) is 0.812. The molecule has 1 aliphatic carbocycles. The SMILES string of the molecule is [CH]1/C=C\CCCCCCCCCCCCC1. The predicted molar refractivity (Wildman–Crippen MR) is 73.5 cm³/mol. The molecular formula is C16H29. The molecule has 1 rings (SSSR count). The lowest BCUT2D eigenvalue weighted by molar-refractivity contribution is 0.545. The summed E-state index contributed by atoms with van der Waals surface area (Å²) in [6.45, 7) is 0. The van der Waals surface area contributed by atoms with E-state index in [2.05, 4.69) is 18.6 Å². The monoisotopic (exact) mass is 221 g/mol. The Balaban J connectivity index is 2.07. The number of hydrogen-bond donors (Lipinski definition) is 0. The Kier molecular flexibility index (Phi) is 9.69. The zero-order chi connectivity index (χ0) is 11.3. The van der Waals surface area contributed by atoms with Gasteiger partial charge in [-0.05, 0) is 25.7 Å². The number of hydrogen-bond acceptors (Lipinski definition) is 0. The average molecular weight is 221 g/mol. The van der Waals surface area contributed by atoms with Crippen molar-refractivity contribution in [3.05, 3.63) is 18.6 Å². The van der Waals surface area contributed by atoms with Crippen molar-refractivity contribution in [1.29, 1.82) is 0 Å². The van der Waals surface area contributed by atoms with Gasteiger partial charge in [-0.3, -0.25) is 0 Å². The fourth-order valence-electron chi connectivity index (χ4n) is 2.40. The van der Waals surface area contributed by atoms with Crippen molar-refractivity contribution in [1.82, 2.24) is 0 Å². The highest BCUT2D eigenvalue weighted by Gasteiger charge is 1.94. The quantitative estimate of drug-likeness (QED) is 0.482. The summed E-state index contributed by atoms with van der Waals surface area (Å²) in [7, 11) is 0. The van der Waals surface area contributed by atoms with E-state index < -0.39 is 0 Å². The Morgan fingerprint density at radius 3 is 1.44 bits per heavy atom. The Hall–Kier alpha value is -0.260. The Morgan fingerprint density at radius 1 is 0.438 bits per heavy atom. The van der Waals surface area contributed by atoms with E-state index in [1.807, 2.05) is 0 Å². The minimum absolute atomic E-state index is 1.29. The van der Waals surface area contributed by atoms with Crippen molar-refractivity contribution < 1.29 is 0 Å². The van der Waals surface area contributed by atoms with E-state index in [0.717, 1.165) is 0 Å². The molecule has 0 fully saturated rings. The van der Waals surface area contributed by atoms with E-state index in [9.17, 15) is 0 Å². The zero-order valence-electron chi connectivity index (χ0n) is 10.9. The van der Waals surface area contributed by atoms with E-state index >= 15 is 0 Å². The molecule has 1 aliphatic rings. The van der Waals surface area contributed by atoms with Gasteiger partial charge in [0.1, 0.15) is 0 Å². The first-order chi connectivity index (χ1) is 8.00. The molecule has 1 radical (unpaired) electrons. The summed E-state index contributed by atoms with van der Waals surface area (Å²) in [5.41, 5.74) is 0. The second-order valence-corrected chi connectivity index (χ2v) is 5.13.